The summed E-state index contributed by atoms with van der Waals surface area (Å²) in [5, 5.41) is 6.79. The van der Waals surface area contributed by atoms with Crippen LogP contribution in [-0.2, 0) is 22.6 Å². The first-order chi connectivity index (χ1) is 14.6. The predicted molar refractivity (Wildman–Crippen MR) is 116 cm³/mol. The average molecular weight is 448 g/mol. The molecule has 6 nitrogen and oxygen atoms in total. The van der Waals surface area contributed by atoms with Gasteiger partial charge in [0.15, 0.2) is 0 Å². The molecule has 0 atom stereocenters. The van der Waals surface area contributed by atoms with Gasteiger partial charge in [-0.05, 0) is 31.2 Å². The molecule has 0 unspecified atom stereocenters. The average Bonchev–Trinajstić information content (AvgIpc) is 3.16. The number of halogens is 2. The van der Waals surface area contributed by atoms with Crippen molar-refractivity contribution in [1.82, 2.24) is 4.98 Å². The van der Waals surface area contributed by atoms with Gasteiger partial charge in [-0.25, -0.2) is 9.37 Å². The number of nitrogens with one attached hydrogen (secondary N) is 1. The Bertz CT molecular complexity index is 1020. The number of nitrogens with zero attached hydrogens (tertiary/aromatic N) is 2. The molecule has 30 heavy (non-hydrogen) atoms. The Hall–Kier alpha value is -2.97. The van der Waals surface area contributed by atoms with E-state index in [4.69, 9.17) is 21.1 Å². The van der Waals surface area contributed by atoms with Gasteiger partial charge < -0.3 is 9.47 Å². The number of ether oxygens (including phenoxy) is 2. The minimum atomic E-state index is -0.419. The van der Waals surface area contributed by atoms with Crippen molar-refractivity contribution in [2.45, 2.75) is 20.0 Å². The molecule has 0 bridgehead atoms. The number of aromatic nitrogens is 1. The van der Waals surface area contributed by atoms with Crippen molar-refractivity contribution in [3.05, 3.63) is 75.5 Å². The van der Waals surface area contributed by atoms with Gasteiger partial charge in [-0.2, -0.15) is 5.10 Å². The molecule has 1 aromatic heterocycles. The summed E-state index contributed by atoms with van der Waals surface area (Å²) in [7, 11) is 0. The van der Waals surface area contributed by atoms with Gasteiger partial charge in [0.25, 0.3) is 0 Å². The van der Waals surface area contributed by atoms with E-state index in [0.717, 1.165) is 0 Å². The molecule has 0 saturated carbocycles. The summed E-state index contributed by atoms with van der Waals surface area (Å²) in [6.07, 6.45) is 1.69. The normalized spacial score (nSPS) is 10.9. The number of benzene rings is 2. The Morgan fingerprint density at radius 3 is 2.93 bits per heavy atom. The third-order valence-electron chi connectivity index (χ3n) is 3.90. The van der Waals surface area contributed by atoms with Crippen LogP contribution in [0.4, 0.5) is 9.52 Å². The van der Waals surface area contributed by atoms with Crippen molar-refractivity contribution in [3.8, 4) is 5.75 Å². The highest BCUT2D eigenvalue weighted by Crippen LogP contribution is 2.23. The first-order valence-electron chi connectivity index (χ1n) is 9.10. The van der Waals surface area contributed by atoms with E-state index in [2.05, 4.69) is 15.5 Å². The minimum Gasteiger partial charge on any atom is -0.488 e. The summed E-state index contributed by atoms with van der Waals surface area (Å²) < 4.78 is 24.6. The largest absolute Gasteiger partial charge is 0.488 e. The Kier molecular flexibility index (Phi) is 7.75. The summed E-state index contributed by atoms with van der Waals surface area (Å²) in [4.78, 5) is 15.8. The van der Waals surface area contributed by atoms with Gasteiger partial charge >= 0.3 is 5.97 Å². The van der Waals surface area contributed by atoms with Crippen molar-refractivity contribution < 1.29 is 18.7 Å². The van der Waals surface area contributed by atoms with Crippen LogP contribution in [0, 0.1) is 5.82 Å². The van der Waals surface area contributed by atoms with Gasteiger partial charge in [-0.1, -0.05) is 29.8 Å². The van der Waals surface area contributed by atoms with Crippen molar-refractivity contribution in [1.29, 1.82) is 0 Å². The third-order valence-corrected chi connectivity index (χ3v) is 5.05. The molecule has 0 aliphatic carbocycles. The lowest BCUT2D eigenvalue weighted by Gasteiger charge is -2.10. The Balaban J connectivity index is 1.61. The number of carbonyl (C=O) groups excluding carboxylic acids is 1. The SMILES string of the molecule is CCOC(=O)Cc1csc(NN=Cc2ccccc2OCc2c(F)cccc2Cl)n1. The first-order valence-corrected chi connectivity index (χ1v) is 10.4. The van der Waals surface area contributed by atoms with Crippen LogP contribution in [0.1, 0.15) is 23.7 Å². The van der Waals surface area contributed by atoms with E-state index in [-0.39, 0.29) is 19.0 Å². The standard InChI is InChI=1S/C21H19ClFN3O3S/c1-2-28-20(27)10-15-13-30-21(25-15)26-24-11-14-6-3-4-9-19(14)29-12-16-17(22)7-5-8-18(16)23/h3-9,11,13H,2,10,12H2,1H3,(H,25,26). The molecule has 2 aromatic carbocycles. The number of carbonyl (C=O) groups is 1. The fourth-order valence-corrected chi connectivity index (χ4v) is 3.37. The molecule has 0 aliphatic heterocycles. The van der Waals surface area contributed by atoms with Crippen LogP contribution in [0.5, 0.6) is 5.75 Å². The van der Waals surface area contributed by atoms with Crippen molar-refractivity contribution in [2.75, 3.05) is 12.0 Å². The zero-order chi connectivity index (χ0) is 21.3. The minimum absolute atomic E-state index is 0.00646. The maximum Gasteiger partial charge on any atom is 0.311 e. The van der Waals surface area contributed by atoms with E-state index in [1.165, 1.54) is 17.4 Å². The molecule has 1 N–H and O–H groups in total. The highest BCUT2D eigenvalue weighted by molar-refractivity contribution is 7.13. The fourth-order valence-electron chi connectivity index (χ4n) is 2.50. The zero-order valence-corrected chi connectivity index (χ0v) is 17.7. The highest BCUT2D eigenvalue weighted by atomic mass is 35.5. The van der Waals surface area contributed by atoms with Crippen LogP contribution in [0.3, 0.4) is 0 Å². The van der Waals surface area contributed by atoms with Crippen LogP contribution in [0.2, 0.25) is 5.02 Å². The summed E-state index contributed by atoms with van der Waals surface area (Å²) in [6, 6.07) is 11.7. The summed E-state index contributed by atoms with van der Waals surface area (Å²) in [5.41, 5.74) is 4.43. The molecule has 0 fully saturated rings. The molecule has 3 aromatic rings. The van der Waals surface area contributed by atoms with E-state index in [9.17, 15) is 9.18 Å². The van der Waals surface area contributed by atoms with Gasteiger partial charge in [-0.15, -0.1) is 11.3 Å². The van der Waals surface area contributed by atoms with E-state index in [1.807, 2.05) is 18.2 Å². The highest BCUT2D eigenvalue weighted by Gasteiger charge is 2.10. The van der Waals surface area contributed by atoms with Gasteiger partial charge in [0, 0.05) is 16.5 Å². The predicted octanol–water partition coefficient (Wildman–Crippen LogP) is 5.07. The van der Waals surface area contributed by atoms with Gasteiger partial charge in [-0.3, -0.25) is 10.2 Å². The van der Waals surface area contributed by atoms with Crippen molar-refractivity contribution in [3.63, 3.8) is 0 Å². The maximum atomic E-state index is 13.9. The van der Waals surface area contributed by atoms with Crippen LogP contribution in [-0.4, -0.2) is 23.8 Å². The molecule has 0 radical (unpaired) electrons. The monoisotopic (exact) mass is 447 g/mol. The molecule has 0 amide bonds. The molecule has 3 rings (SSSR count). The van der Waals surface area contributed by atoms with Gasteiger partial charge in [0.1, 0.15) is 18.2 Å². The molecule has 1 heterocycles. The molecule has 0 saturated heterocycles. The lowest BCUT2D eigenvalue weighted by Crippen LogP contribution is -2.07. The summed E-state index contributed by atoms with van der Waals surface area (Å²) in [5.74, 6) is -0.207. The quantitative estimate of drug-likeness (QED) is 0.282. The summed E-state index contributed by atoms with van der Waals surface area (Å²) in [6.45, 7) is 2.09. The first kappa shape index (κ1) is 21.7. The zero-order valence-electron chi connectivity index (χ0n) is 16.1. The number of esters is 1. The van der Waals surface area contributed by atoms with Crippen LogP contribution in [0.15, 0.2) is 52.9 Å². The van der Waals surface area contributed by atoms with E-state index >= 15 is 0 Å². The molecular weight excluding hydrogens is 429 g/mol. The van der Waals surface area contributed by atoms with Crippen LogP contribution < -0.4 is 10.2 Å². The van der Waals surface area contributed by atoms with E-state index in [1.54, 1.807) is 36.7 Å². The Morgan fingerprint density at radius 2 is 2.13 bits per heavy atom. The number of rotatable bonds is 9. The Morgan fingerprint density at radius 1 is 1.30 bits per heavy atom. The number of para-hydroxylation sites is 1. The lowest BCUT2D eigenvalue weighted by molar-refractivity contribution is -0.142. The second-order valence-electron chi connectivity index (χ2n) is 6.02. The smallest absolute Gasteiger partial charge is 0.311 e. The second-order valence-corrected chi connectivity index (χ2v) is 7.29. The van der Waals surface area contributed by atoms with Gasteiger partial charge in [0.05, 0.1) is 30.0 Å². The lowest BCUT2D eigenvalue weighted by atomic mass is 10.2. The molecule has 156 valence electrons. The number of hydrazone groups is 1. The number of thiazole rings is 1. The van der Waals surface area contributed by atoms with Gasteiger partial charge in [0.2, 0.25) is 5.13 Å². The topological polar surface area (TPSA) is 72.8 Å². The molecule has 9 heteroatoms. The number of hydrogen-bond acceptors (Lipinski definition) is 7. The second kappa shape index (κ2) is 10.7. The Labute approximate surface area is 182 Å². The van der Waals surface area contributed by atoms with E-state index < -0.39 is 5.82 Å². The van der Waals surface area contributed by atoms with Crippen molar-refractivity contribution >= 4 is 40.3 Å². The number of hydrogen-bond donors (Lipinski definition) is 1. The van der Waals surface area contributed by atoms with E-state index in [0.29, 0.717) is 39.3 Å². The third kappa shape index (κ3) is 6.01. The number of anilines is 1. The van der Waals surface area contributed by atoms with Crippen LogP contribution >= 0.6 is 22.9 Å². The summed E-state index contributed by atoms with van der Waals surface area (Å²) >= 11 is 7.38. The molecule has 0 spiro atoms. The molecule has 0 aliphatic rings. The van der Waals surface area contributed by atoms with Crippen molar-refractivity contribution in [2.24, 2.45) is 5.10 Å². The van der Waals surface area contributed by atoms with Crippen LogP contribution in [0.25, 0.3) is 0 Å². The fraction of sp³-hybridized carbons (Fsp3) is 0.190. The molecular formula is C21H19ClFN3O3S. The maximum absolute atomic E-state index is 13.9.